The first kappa shape index (κ1) is 14.4. The summed E-state index contributed by atoms with van der Waals surface area (Å²) in [6.45, 7) is 4.24. The van der Waals surface area contributed by atoms with Crippen molar-refractivity contribution in [3.8, 4) is 0 Å². The molecule has 3 N–H and O–H groups in total. The summed E-state index contributed by atoms with van der Waals surface area (Å²) in [6, 6.07) is 8.13. The molecule has 5 heteroatoms. The number of rotatable bonds is 2. The largest absolute Gasteiger partial charge is 0.397 e. The number of fused-ring (bicyclic) bond motifs is 1. The molecule has 1 saturated heterocycles. The van der Waals surface area contributed by atoms with Gasteiger partial charge >= 0.3 is 0 Å². The van der Waals surface area contributed by atoms with Crippen molar-refractivity contribution >= 4 is 33.0 Å². The highest BCUT2D eigenvalue weighted by molar-refractivity contribution is 7.21. The molecule has 2 unspecified atom stereocenters. The molecule has 21 heavy (non-hydrogen) atoms. The van der Waals surface area contributed by atoms with Gasteiger partial charge in [-0.25, -0.2) is 0 Å². The summed E-state index contributed by atoms with van der Waals surface area (Å²) in [5.41, 5.74) is 6.75. The Morgan fingerprint density at radius 2 is 2.19 bits per heavy atom. The Morgan fingerprint density at radius 1 is 1.43 bits per heavy atom. The van der Waals surface area contributed by atoms with E-state index in [1.54, 1.807) is 0 Å². The van der Waals surface area contributed by atoms with Crippen LogP contribution in [-0.4, -0.2) is 37.0 Å². The normalized spacial score (nSPS) is 23.3. The van der Waals surface area contributed by atoms with Gasteiger partial charge in [-0.1, -0.05) is 25.1 Å². The number of likely N-dealkylation sites (tertiary alicyclic amines) is 1. The molecule has 0 radical (unpaired) electrons. The number of hydrogen-bond acceptors (Lipinski definition) is 4. The van der Waals surface area contributed by atoms with Gasteiger partial charge in [-0.05, 0) is 32.0 Å². The lowest BCUT2D eigenvalue weighted by Crippen LogP contribution is -2.48. The number of carbonyl (C=O) groups excluding carboxylic acids is 1. The number of carbonyl (C=O) groups is 1. The Morgan fingerprint density at radius 3 is 2.90 bits per heavy atom. The number of anilines is 1. The molecule has 4 nitrogen and oxygen atoms in total. The zero-order valence-electron chi connectivity index (χ0n) is 12.4. The maximum Gasteiger partial charge on any atom is 0.263 e. The predicted molar refractivity (Wildman–Crippen MR) is 88.8 cm³/mol. The van der Waals surface area contributed by atoms with Crippen molar-refractivity contribution in [3.63, 3.8) is 0 Å². The number of thiophene rings is 1. The van der Waals surface area contributed by atoms with Crippen LogP contribution in [0.2, 0.25) is 0 Å². The fraction of sp³-hybridized carbons (Fsp3) is 0.438. The number of nitrogens with one attached hydrogen (secondary N) is 1. The lowest BCUT2D eigenvalue weighted by atomic mass is 9.94. The number of nitrogens with zero attached hydrogens (tertiary/aromatic N) is 1. The summed E-state index contributed by atoms with van der Waals surface area (Å²) in [6.07, 6.45) is 0.994. The van der Waals surface area contributed by atoms with Crippen LogP contribution in [0.5, 0.6) is 0 Å². The van der Waals surface area contributed by atoms with Crippen molar-refractivity contribution in [2.75, 3.05) is 25.9 Å². The highest BCUT2D eigenvalue weighted by Gasteiger charge is 2.27. The quantitative estimate of drug-likeness (QED) is 0.896. The molecule has 2 atom stereocenters. The molecule has 112 valence electrons. The first-order valence-electron chi connectivity index (χ1n) is 7.32. The van der Waals surface area contributed by atoms with E-state index in [9.17, 15) is 4.79 Å². The van der Waals surface area contributed by atoms with Gasteiger partial charge in [0.25, 0.3) is 5.91 Å². The van der Waals surface area contributed by atoms with Gasteiger partial charge in [0.2, 0.25) is 0 Å². The number of benzene rings is 1. The number of piperidine rings is 1. The Bertz CT molecular complexity index is 667. The SMILES string of the molecule is CC1CN(C)CCC1NC(=O)c1sc2ccccc2c1N. The molecule has 1 amide bonds. The molecule has 2 aromatic rings. The van der Waals surface area contributed by atoms with E-state index < -0.39 is 0 Å². The topological polar surface area (TPSA) is 58.4 Å². The van der Waals surface area contributed by atoms with Crippen LogP contribution in [0.15, 0.2) is 24.3 Å². The molecular formula is C16H21N3OS. The molecule has 1 aliphatic heterocycles. The van der Waals surface area contributed by atoms with Crippen LogP contribution < -0.4 is 11.1 Å². The summed E-state index contributed by atoms with van der Waals surface area (Å²) >= 11 is 1.47. The van der Waals surface area contributed by atoms with Crippen LogP contribution in [0.3, 0.4) is 0 Å². The third kappa shape index (κ3) is 2.76. The molecule has 0 spiro atoms. The van der Waals surface area contributed by atoms with Gasteiger partial charge in [0, 0.05) is 22.7 Å². The standard InChI is InChI=1S/C16H21N3OS/c1-10-9-19(2)8-7-12(10)18-16(20)15-14(17)11-5-3-4-6-13(11)21-15/h3-6,10,12H,7-9,17H2,1-2H3,(H,18,20). The molecule has 0 aliphatic carbocycles. The molecular weight excluding hydrogens is 282 g/mol. The second kappa shape index (κ2) is 5.66. The zero-order valence-corrected chi connectivity index (χ0v) is 13.2. The van der Waals surface area contributed by atoms with E-state index in [0.29, 0.717) is 16.5 Å². The third-order valence-corrected chi connectivity index (χ3v) is 5.45. The van der Waals surface area contributed by atoms with Crippen molar-refractivity contribution in [1.82, 2.24) is 10.2 Å². The lowest BCUT2D eigenvalue weighted by molar-refractivity contribution is 0.0889. The number of amides is 1. The van der Waals surface area contributed by atoms with Gasteiger partial charge in [-0.2, -0.15) is 0 Å². The highest BCUT2D eigenvalue weighted by atomic mass is 32.1. The van der Waals surface area contributed by atoms with Gasteiger partial charge in [0.1, 0.15) is 4.88 Å². The fourth-order valence-electron chi connectivity index (χ4n) is 3.04. The van der Waals surface area contributed by atoms with E-state index in [-0.39, 0.29) is 11.9 Å². The summed E-state index contributed by atoms with van der Waals surface area (Å²) in [7, 11) is 2.12. The summed E-state index contributed by atoms with van der Waals surface area (Å²) in [5.74, 6) is 0.429. The highest BCUT2D eigenvalue weighted by Crippen LogP contribution is 2.33. The molecule has 3 rings (SSSR count). The molecule has 1 aromatic heterocycles. The van der Waals surface area contributed by atoms with Crippen LogP contribution in [0.4, 0.5) is 5.69 Å². The van der Waals surface area contributed by atoms with Gasteiger partial charge < -0.3 is 16.0 Å². The molecule has 1 fully saturated rings. The maximum atomic E-state index is 12.5. The van der Waals surface area contributed by atoms with E-state index in [1.807, 2.05) is 24.3 Å². The first-order chi connectivity index (χ1) is 10.1. The second-order valence-electron chi connectivity index (χ2n) is 5.95. The summed E-state index contributed by atoms with van der Waals surface area (Å²) in [4.78, 5) is 15.5. The van der Waals surface area contributed by atoms with E-state index >= 15 is 0 Å². The smallest absolute Gasteiger partial charge is 0.263 e. The van der Waals surface area contributed by atoms with E-state index in [0.717, 1.165) is 29.6 Å². The average molecular weight is 303 g/mol. The minimum Gasteiger partial charge on any atom is -0.397 e. The number of nitrogen functional groups attached to an aromatic ring is 1. The van der Waals surface area contributed by atoms with Crippen molar-refractivity contribution in [2.24, 2.45) is 5.92 Å². The van der Waals surface area contributed by atoms with Crippen LogP contribution in [0, 0.1) is 5.92 Å². The second-order valence-corrected chi connectivity index (χ2v) is 7.00. The summed E-state index contributed by atoms with van der Waals surface area (Å²) in [5, 5.41) is 4.15. The maximum absolute atomic E-state index is 12.5. The molecule has 1 aliphatic rings. The van der Waals surface area contributed by atoms with Crippen molar-refractivity contribution in [2.45, 2.75) is 19.4 Å². The fourth-order valence-corrected chi connectivity index (χ4v) is 4.06. The number of nitrogens with two attached hydrogens (primary N) is 1. The Labute approximate surface area is 128 Å². The average Bonchev–Trinajstić information content (AvgIpc) is 2.80. The zero-order chi connectivity index (χ0) is 15.0. The number of hydrogen-bond donors (Lipinski definition) is 2. The lowest BCUT2D eigenvalue weighted by Gasteiger charge is -2.35. The van der Waals surface area contributed by atoms with E-state index in [1.165, 1.54) is 11.3 Å². The van der Waals surface area contributed by atoms with Gasteiger partial charge in [0.15, 0.2) is 0 Å². The monoisotopic (exact) mass is 303 g/mol. The van der Waals surface area contributed by atoms with E-state index in [4.69, 9.17) is 5.73 Å². The molecule has 2 heterocycles. The first-order valence-corrected chi connectivity index (χ1v) is 8.14. The van der Waals surface area contributed by atoms with Crippen molar-refractivity contribution < 1.29 is 4.79 Å². The Hall–Kier alpha value is -1.59. The Kier molecular flexibility index (Phi) is 3.87. The van der Waals surface area contributed by atoms with Crippen LogP contribution in [0.25, 0.3) is 10.1 Å². The van der Waals surface area contributed by atoms with Gasteiger partial charge in [0.05, 0.1) is 5.69 Å². The Balaban J connectivity index is 1.79. The molecule has 0 bridgehead atoms. The summed E-state index contributed by atoms with van der Waals surface area (Å²) < 4.78 is 1.07. The molecule has 1 aromatic carbocycles. The van der Waals surface area contributed by atoms with Crippen molar-refractivity contribution in [3.05, 3.63) is 29.1 Å². The third-order valence-electron chi connectivity index (χ3n) is 4.26. The van der Waals surface area contributed by atoms with Crippen molar-refractivity contribution in [1.29, 1.82) is 0 Å². The minimum absolute atomic E-state index is 0.0323. The van der Waals surface area contributed by atoms with Crippen LogP contribution in [-0.2, 0) is 0 Å². The van der Waals surface area contributed by atoms with Crippen LogP contribution >= 0.6 is 11.3 Å². The minimum atomic E-state index is -0.0323. The van der Waals surface area contributed by atoms with Crippen LogP contribution in [0.1, 0.15) is 23.0 Å². The van der Waals surface area contributed by atoms with E-state index in [2.05, 4.69) is 24.2 Å². The molecule has 0 saturated carbocycles. The van der Waals surface area contributed by atoms with Gasteiger partial charge in [-0.15, -0.1) is 11.3 Å². The van der Waals surface area contributed by atoms with Gasteiger partial charge in [-0.3, -0.25) is 4.79 Å². The predicted octanol–water partition coefficient (Wildman–Crippen LogP) is 2.55.